The standard InChI is InChI=1S/C20H23N5O5S/c1-3-24-14-6-4-5-7-15(14)25(20(24)29)9-8-19(28)30-11-17(27)23-22-16(26)10-18-21-13(2)12-31-18/h4-7,12H,3,8-11H2,1-2H3,(H,22,26)(H,23,27). The number of benzene rings is 1. The van der Waals surface area contributed by atoms with Crippen molar-refractivity contribution in [3.8, 4) is 0 Å². The Labute approximate surface area is 181 Å². The lowest BCUT2D eigenvalue weighted by Gasteiger charge is -2.08. The zero-order valence-electron chi connectivity index (χ0n) is 17.2. The summed E-state index contributed by atoms with van der Waals surface area (Å²) >= 11 is 1.35. The van der Waals surface area contributed by atoms with Crippen LogP contribution < -0.4 is 16.5 Å². The molecule has 2 aromatic heterocycles. The Morgan fingerprint density at radius 2 is 1.77 bits per heavy atom. The van der Waals surface area contributed by atoms with Gasteiger partial charge in [0, 0.05) is 24.2 Å². The summed E-state index contributed by atoms with van der Waals surface area (Å²) in [7, 11) is 0. The molecule has 31 heavy (non-hydrogen) atoms. The van der Waals surface area contributed by atoms with Crippen molar-refractivity contribution in [1.82, 2.24) is 25.0 Å². The van der Waals surface area contributed by atoms with Crippen LogP contribution in [0.1, 0.15) is 24.0 Å². The molecule has 2 N–H and O–H groups in total. The Balaban J connectivity index is 1.44. The van der Waals surface area contributed by atoms with Gasteiger partial charge in [0.05, 0.1) is 23.9 Å². The van der Waals surface area contributed by atoms with E-state index in [1.165, 1.54) is 15.9 Å². The predicted octanol–water partition coefficient (Wildman–Crippen LogP) is 0.911. The summed E-state index contributed by atoms with van der Waals surface area (Å²) in [5, 5.41) is 2.46. The van der Waals surface area contributed by atoms with Crippen molar-refractivity contribution in [3.63, 3.8) is 0 Å². The van der Waals surface area contributed by atoms with Crippen molar-refractivity contribution in [1.29, 1.82) is 0 Å². The fourth-order valence-corrected chi connectivity index (χ4v) is 3.83. The Morgan fingerprint density at radius 1 is 1.10 bits per heavy atom. The Kier molecular flexibility index (Phi) is 7.19. The minimum absolute atomic E-state index is 0.0404. The van der Waals surface area contributed by atoms with Crippen LogP contribution in [0.3, 0.4) is 0 Å². The Hall–Kier alpha value is -3.47. The second kappa shape index (κ2) is 10.0. The molecule has 1 aromatic carbocycles. The fraction of sp³-hybridized carbons (Fsp3) is 0.350. The number of aryl methyl sites for hydroxylation is 3. The van der Waals surface area contributed by atoms with E-state index in [0.29, 0.717) is 11.6 Å². The third kappa shape index (κ3) is 5.57. The molecule has 0 aliphatic rings. The molecule has 0 bridgehead atoms. The number of carbonyl (C=O) groups excluding carboxylic acids is 3. The number of hydrazine groups is 1. The zero-order chi connectivity index (χ0) is 22.4. The number of ether oxygens (including phenoxy) is 1. The van der Waals surface area contributed by atoms with Crippen molar-refractivity contribution in [3.05, 3.63) is 50.8 Å². The highest BCUT2D eigenvalue weighted by atomic mass is 32.1. The monoisotopic (exact) mass is 445 g/mol. The molecule has 0 spiro atoms. The van der Waals surface area contributed by atoms with Gasteiger partial charge in [-0.1, -0.05) is 12.1 Å². The Morgan fingerprint density at radius 3 is 2.42 bits per heavy atom. The second-order valence-electron chi connectivity index (χ2n) is 6.73. The molecule has 0 radical (unpaired) electrons. The molecule has 0 saturated carbocycles. The third-order valence-corrected chi connectivity index (χ3v) is 5.43. The largest absolute Gasteiger partial charge is 0.455 e. The molecule has 0 aliphatic carbocycles. The van der Waals surface area contributed by atoms with Crippen LogP contribution >= 0.6 is 11.3 Å². The number of rotatable bonds is 8. The number of amides is 2. The molecule has 164 valence electrons. The summed E-state index contributed by atoms with van der Waals surface area (Å²) in [6.45, 7) is 3.82. The van der Waals surface area contributed by atoms with E-state index in [9.17, 15) is 19.2 Å². The molecular weight excluding hydrogens is 422 g/mol. The van der Waals surface area contributed by atoms with Crippen molar-refractivity contribution >= 4 is 40.2 Å². The first-order valence-corrected chi connectivity index (χ1v) is 10.6. The zero-order valence-corrected chi connectivity index (χ0v) is 18.0. The van der Waals surface area contributed by atoms with E-state index < -0.39 is 24.4 Å². The van der Waals surface area contributed by atoms with Crippen LogP contribution in [0.4, 0.5) is 0 Å². The quantitative estimate of drug-likeness (QED) is 0.392. The summed E-state index contributed by atoms with van der Waals surface area (Å²) < 4.78 is 8.07. The molecule has 2 heterocycles. The molecular formula is C20H23N5O5S. The summed E-state index contributed by atoms with van der Waals surface area (Å²) in [6, 6.07) is 7.34. The van der Waals surface area contributed by atoms with Crippen LogP contribution in [-0.4, -0.2) is 38.5 Å². The van der Waals surface area contributed by atoms with Gasteiger partial charge in [0.1, 0.15) is 5.01 Å². The number of imidazole rings is 1. The first kappa shape index (κ1) is 22.2. The van der Waals surface area contributed by atoms with Crippen molar-refractivity contribution in [2.24, 2.45) is 0 Å². The number of hydrogen-bond donors (Lipinski definition) is 2. The molecule has 0 aliphatic heterocycles. The van der Waals surface area contributed by atoms with Crippen LogP contribution in [0, 0.1) is 6.92 Å². The smallest absolute Gasteiger partial charge is 0.329 e. The van der Waals surface area contributed by atoms with Gasteiger partial charge in [-0.3, -0.25) is 34.4 Å². The highest BCUT2D eigenvalue weighted by Gasteiger charge is 2.14. The number of para-hydroxylation sites is 2. The molecule has 10 nitrogen and oxygen atoms in total. The number of nitrogens with one attached hydrogen (secondary N) is 2. The van der Waals surface area contributed by atoms with Crippen molar-refractivity contribution < 1.29 is 19.1 Å². The first-order valence-electron chi connectivity index (χ1n) is 9.71. The van der Waals surface area contributed by atoms with Gasteiger partial charge < -0.3 is 4.74 Å². The minimum atomic E-state index is -0.670. The number of esters is 1. The lowest BCUT2D eigenvalue weighted by molar-refractivity contribution is -0.149. The predicted molar refractivity (Wildman–Crippen MR) is 114 cm³/mol. The number of aromatic nitrogens is 3. The van der Waals surface area contributed by atoms with E-state index in [-0.39, 0.29) is 25.1 Å². The molecule has 0 atom stereocenters. The van der Waals surface area contributed by atoms with Gasteiger partial charge in [0.25, 0.3) is 5.91 Å². The van der Waals surface area contributed by atoms with Crippen molar-refractivity contribution in [2.75, 3.05) is 6.61 Å². The maximum atomic E-state index is 12.5. The van der Waals surface area contributed by atoms with Gasteiger partial charge in [-0.25, -0.2) is 9.78 Å². The van der Waals surface area contributed by atoms with Gasteiger partial charge in [-0.2, -0.15) is 0 Å². The van der Waals surface area contributed by atoms with Gasteiger partial charge in [0.2, 0.25) is 5.91 Å². The summed E-state index contributed by atoms with van der Waals surface area (Å²) in [5.74, 6) is -1.72. The van der Waals surface area contributed by atoms with Gasteiger partial charge in [-0.05, 0) is 26.0 Å². The molecule has 11 heteroatoms. The van der Waals surface area contributed by atoms with E-state index in [0.717, 1.165) is 16.7 Å². The molecule has 0 unspecified atom stereocenters. The maximum absolute atomic E-state index is 12.5. The fourth-order valence-electron chi connectivity index (χ4n) is 3.06. The molecule has 0 saturated heterocycles. The van der Waals surface area contributed by atoms with E-state index in [2.05, 4.69) is 15.8 Å². The number of thiazole rings is 1. The molecule has 3 aromatic rings. The average Bonchev–Trinajstić information content (AvgIpc) is 3.28. The third-order valence-electron chi connectivity index (χ3n) is 4.46. The Bertz CT molecular complexity index is 1160. The van der Waals surface area contributed by atoms with Crippen LogP contribution in [0.5, 0.6) is 0 Å². The first-order chi connectivity index (χ1) is 14.9. The SMILES string of the molecule is CCn1c(=O)n(CCC(=O)OCC(=O)NNC(=O)Cc2nc(C)cs2)c2ccccc21. The summed E-state index contributed by atoms with van der Waals surface area (Å²) in [4.78, 5) is 52.3. The van der Waals surface area contributed by atoms with Crippen LogP contribution in [0.15, 0.2) is 34.4 Å². The van der Waals surface area contributed by atoms with E-state index >= 15 is 0 Å². The summed E-state index contributed by atoms with van der Waals surface area (Å²) in [6.07, 6.45) is -0.0284. The number of carbonyl (C=O) groups is 3. The lowest BCUT2D eigenvalue weighted by Crippen LogP contribution is -2.44. The van der Waals surface area contributed by atoms with Gasteiger partial charge in [0.15, 0.2) is 6.61 Å². The normalized spacial score (nSPS) is 10.8. The van der Waals surface area contributed by atoms with E-state index in [4.69, 9.17) is 4.74 Å². The van der Waals surface area contributed by atoms with Gasteiger partial charge >= 0.3 is 11.7 Å². The summed E-state index contributed by atoms with van der Waals surface area (Å²) in [5.41, 5.74) is 6.59. The van der Waals surface area contributed by atoms with Crippen LogP contribution in [-0.2, 0) is 38.6 Å². The second-order valence-corrected chi connectivity index (χ2v) is 7.68. The number of fused-ring (bicyclic) bond motifs is 1. The number of nitrogens with zero attached hydrogens (tertiary/aromatic N) is 3. The molecule has 0 fully saturated rings. The maximum Gasteiger partial charge on any atom is 0.329 e. The van der Waals surface area contributed by atoms with Crippen LogP contribution in [0.25, 0.3) is 11.0 Å². The minimum Gasteiger partial charge on any atom is -0.455 e. The molecule has 2 amide bonds. The topological polar surface area (TPSA) is 124 Å². The van der Waals surface area contributed by atoms with E-state index in [1.807, 2.05) is 43.5 Å². The average molecular weight is 446 g/mol. The van der Waals surface area contributed by atoms with E-state index in [1.54, 1.807) is 4.57 Å². The van der Waals surface area contributed by atoms with Crippen LogP contribution in [0.2, 0.25) is 0 Å². The lowest BCUT2D eigenvalue weighted by atomic mass is 10.3. The van der Waals surface area contributed by atoms with Crippen molar-refractivity contribution in [2.45, 2.75) is 39.8 Å². The van der Waals surface area contributed by atoms with Gasteiger partial charge in [-0.15, -0.1) is 11.3 Å². The number of hydrogen-bond acceptors (Lipinski definition) is 7. The highest BCUT2D eigenvalue weighted by molar-refractivity contribution is 7.09. The highest BCUT2D eigenvalue weighted by Crippen LogP contribution is 2.13. The molecule has 3 rings (SSSR count).